The molecule has 0 bridgehead atoms. The van der Waals surface area contributed by atoms with Crippen molar-refractivity contribution in [2.75, 3.05) is 6.61 Å². The minimum absolute atomic E-state index is 0.127. The molecule has 0 rings (SSSR count). The van der Waals surface area contributed by atoms with Crippen LogP contribution in [-0.4, -0.2) is 45.4 Å². The van der Waals surface area contributed by atoms with E-state index in [2.05, 4.69) is 0 Å². The normalized spacial score (nSPS) is 15.2. The van der Waals surface area contributed by atoms with Crippen molar-refractivity contribution in [2.24, 2.45) is 5.92 Å². The van der Waals surface area contributed by atoms with Gasteiger partial charge in [-0.3, -0.25) is 9.59 Å². The van der Waals surface area contributed by atoms with Crippen LogP contribution in [0.5, 0.6) is 0 Å². The molecule has 116 valence electrons. The first-order chi connectivity index (χ1) is 9.21. The van der Waals surface area contributed by atoms with E-state index in [1.54, 1.807) is 0 Å². The molecule has 0 spiro atoms. The van der Waals surface area contributed by atoms with Gasteiger partial charge in [0.05, 0.1) is 19.4 Å². The van der Waals surface area contributed by atoms with Crippen molar-refractivity contribution in [2.45, 2.75) is 51.6 Å². The molecule has 0 fully saturated rings. The number of aliphatic carboxylic acids is 2. The Kier molecular flexibility index (Phi) is 7.83. The SMILES string of the molecule is CCCCC(C)COC(=O)CC(O)(CC(=O)O)C(=O)O. The monoisotopic (exact) mass is 290 g/mol. The fourth-order valence-corrected chi connectivity index (χ4v) is 1.62. The Hall–Kier alpha value is -1.63. The van der Waals surface area contributed by atoms with Crippen molar-refractivity contribution >= 4 is 17.9 Å². The maximum atomic E-state index is 11.5. The molecule has 0 amide bonds. The Bertz CT molecular complexity index is 353. The molecule has 7 nitrogen and oxygen atoms in total. The number of rotatable bonds is 10. The molecule has 0 saturated carbocycles. The van der Waals surface area contributed by atoms with Gasteiger partial charge in [0.2, 0.25) is 0 Å². The van der Waals surface area contributed by atoms with Crippen LogP contribution in [0, 0.1) is 5.92 Å². The van der Waals surface area contributed by atoms with Crippen molar-refractivity contribution in [3.05, 3.63) is 0 Å². The Balaban J connectivity index is 4.34. The van der Waals surface area contributed by atoms with E-state index in [1.807, 2.05) is 13.8 Å². The summed E-state index contributed by atoms with van der Waals surface area (Å²) in [5.74, 6) is -4.04. The fraction of sp³-hybridized carbons (Fsp3) is 0.769. The van der Waals surface area contributed by atoms with Gasteiger partial charge in [0.15, 0.2) is 5.60 Å². The Morgan fingerprint density at radius 3 is 2.25 bits per heavy atom. The summed E-state index contributed by atoms with van der Waals surface area (Å²) < 4.78 is 4.87. The largest absolute Gasteiger partial charge is 0.481 e. The fourth-order valence-electron chi connectivity index (χ4n) is 1.62. The molecule has 0 aromatic carbocycles. The van der Waals surface area contributed by atoms with E-state index in [4.69, 9.17) is 14.9 Å². The molecule has 2 atom stereocenters. The molecule has 0 aliphatic carbocycles. The van der Waals surface area contributed by atoms with Gasteiger partial charge in [0.1, 0.15) is 0 Å². The average Bonchev–Trinajstić information content (AvgIpc) is 2.32. The quantitative estimate of drug-likeness (QED) is 0.514. The first-order valence-electron chi connectivity index (χ1n) is 6.54. The van der Waals surface area contributed by atoms with Gasteiger partial charge >= 0.3 is 17.9 Å². The third-order valence-electron chi connectivity index (χ3n) is 2.86. The minimum Gasteiger partial charge on any atom is -0.481 e. The summed E-state index contributed by atoms with van der Waals surface area (Å²) in [5.41, 5.74) is -2.63. The zero-order valence-electron chi connectivity index (χ0n) is 11.8. The maximum Gasteiger partial charge on any atom is 0.336 e. The molecule has 0 aromatic rings. The number of aliphatic hydroxyl groups is 1. The third-order valence-corrected chi connectivity index (χ3v) is 2.86. The minimum atomic E-state index is -2.63. The number of hydrogen-bond donors (Lipinski definition) is 3. The molecule has 0 radical (unpaired) electrons. The van der Waals surface area contributed by atoms with Crippen molar-refractivity contribution in [3.8, 4) is 0 Å². The molecule has 0 aromatic heterocycles. The van der Waals surface area contributed by atoms with Crippen LogP contribution in [0.1, 0.15) is 46.0 Å². The molecular weight excluding hydrogens is 268 g/mol. The molecule has 0 aliphatic heterocycles. The predicted octanol–water partition coefficient (Wildman–Crippen LogP) is 1.04. The van der Waals surface area contributed by atoms with Crippen molar-refractivity contribution in [1.82, 2.24) is 0 Å². The smallest absolute Gasteiger partial charge is 0.336 e. The average molecular weight is 290 g/mol. The first-order valence-corrected chi connectivity index (χ1v) is 6.54. The molecule has 0 heterocycles. The maximum absolute atomic E-state index is 11.5. The molecule has 3 N–H and O–H groups in total. The second-order valence-electron chi connectivity index (χ2n) is 5.01. The Morgan fingerprint density at radius 1 is 1.20 bits per heavy atom. The van der Waals surface area contributed by atoms with Crippen LogP contribution < -0.4 is 0 Å². The molecule has 7 heteroatoms. The van der Waals surface area contributed by atoms with Gasteiger partial charge in [0.25, 0.3) is 0 Å². The number of carboxylic acids is 2. The third kappa shape index (κ3) is 7.08. The summed E-state index contributed by atoms with van der Waals surface area (Å²) in [7, 11) is 0. The number of hydrogen-bond acceptors (Lipinski definition) is 5. The zero-order chi connectivity index (χ0) is 15.8. The molecule has 2 unspecified atom stereocenters. The van der Waals surface area contributed by atoms with Gasteiger partial charge in [-0.25, -0.2) is 4.79 Å². The molecule has 20 heavy (non-hydrogen) atoms. The number of ether oxygens (including phenoxy) is 1. The molecular formula is C13H22O7. The highest BCUT2D eigenvalue weighted by Gasteiger charge is 2.41. The lowest BCUT2D eigenvalue weighted by Gasteiger charge is -2.20. The first kappa shape index (κ1) is 18.4. The van der Waals surface area contributed by atoms with E-state index in [9.17, 15) is 19.5 Å². The van der Waals surface area contributed by atoms with Gasteiger partial charge in [-0.15, -0.1) is 0 Å². The summed E-state index contributed by atoms with van der Waals surface area (Å²) in [6, 6.07) is 0. The van der Waals surface area contributed by atoms with Gasteiger partial charge < -0.3 is 20.1 Å². The predicted molar refractivity (Wildman–Crippen MR) is 69.1 cm³/mol. The summed E-state index contributed by atoms with van der Waals surface area (Å²) in [4.78, 5) is 32.8. The van der Waals surface area contributed by atoms with Crippen molar-refractivity contribution in [1.29, 1.82) is 0 Å². The van der Waals surface area contributed by atoms with E-state index in [-0.39, 0.29) is 12.5 Å². The lowest BCUT2D eigenvalue weighted by Crippen LogP contribution is -2.43. The summed E-state index contributed by atoms with van der Waals surface area (Å²) >= 11 is 0. The number of carbonyl (C=O) groups excluding carboxylic acids is 1. The second-order valence-corrected chi connectivity index (χ2v) is 5.01. The van der Waals surface area contributed by atoms with E-state index < -0.39 is 36.4 Å². The van der Waals surface area contributed by atoms with Crippen LogP contribution >= 0.6 is 0 Å². The lowest BCUT2D eigenvalue weighted by atomic mass is 9.96. The number of carboxylic acid groups (broad SMARTS) is 2. The van der Waals surface area contributed by atoms with E-state index >= 15 is 0 Å². The van der Waals surface area contributed by atoms with Crippen molar-refractivity contribution in [3.63, 3.8) is 0 Å². The van der Waals surface area contributed by atoms with Crippen molar-refractivity contribution < 1.29 is 34.4 Å². The number of unbranched alkanes of at least 4 members (excludes halogenated alkanes) is 1. The number of carbonyl (C=O) groups is 3. The van der Waals surface area contributed by atoms with Crippen LogP contribution in [0.15, 0.2) is 0 Å². The van der Waals surface area contributed by atoms with Gasteiger partial charge in [0, 0.05) is 0 Å². The van der Waals surface area contributed by atoms with Gasteiger partial charge in [-0.1, -0.05) is 26.7 Å². The second kappa shape index (κ2) is 8.52. The van der Waals surface area contributed by atoms with Crippen LogP contribution in [0.25, 0.3) is 0 Å². The molecule has 0 aliphatic rings. The van der Waals surface area contributed by atoms with E-state index in [0.29, 0.717) is 0 Å². The summed E-state index contributed by atoms with van der Waals surface area (Å²) in [6.07, 6.45) is 0.965. The standard InChI is InChI=1S/C13H22O7/c1-3-4-5-9(2)8-20-11(16)7-13(19,12(17)18)6-10(14)15/h9,19H,3-8H2,1-2H3,(H,14,15)(H,17,18). The highest BCUT2D eigenvalue weighted by atomic mass is 16.5. The Labute approximate surface area is 117 Å². The van der Waals surface area contributed by atoms with Gasteiger partial charge in [-0.05, 0) is 12.3 Å². The highest BCUT2D eigenvalue weighted by Crippen LogP contribution is 2.17. The van der Waals surface area contributed by atoms with E-state index in [1.165, 1.54) is 0 Å². The Morgan fingerprint density at radius 2 is 1.80 bits per heavy atom. The van der Waals surface area contributed by atoms with Crippen LogP contribution in [0.4, 0.5) is 0 Å². The summed E-state index contributed by atoms with van der Waals surface area (Å²) in [5, 5.41) is 27.0. The van der Waals surface area contributed by atoms with Crippen LogP contribution in [0.2, 0.25) is 0 Å². The summed E-state index contributed by atoms with van der Waals surface area (Å²) in [6.45, 7) is 4.06. The van der Waals surface area contributed by atoms with Crippen LogP contribution in [0.3, 0.4) is 0 Å². The van der Waals surface area contributed by atoms with E-state index in [0.717, 1.165) is 19.3 Å². The van der Waals surface area contributed by atoms with Gasteiger partial charge in [-0.2, -0.15) is 0 Å². The number of esters is 1. The molecule has 0 saturated heterocycles. The highest BCUT2D eigenvalue weighted by molar-refractivity contribution is 5.88. The van der Waals surface area contributed by atoms with Crippen LogP contribution in [-0.2, 0) is 19.1 Å². The lowest BCUT2D eigenvalue weighted by molar-refractivity contribution is -0.172. The zero-order valence-corrected chi connectivity index (χ0v) is 11.8. The topological polar surface area (TPSA) is 121 Å².